The highest BCUT2D eigenvalue weighted by molar-refractivity contribution is 14.1. The van der Waals surface area contributed by atoms with Crippen LogP contribution in [-0.2, 0) is 11.3 Å². The van der Waals surface area contributed by atoms with Crippen molar-refractivity contribution in [2.75, 3.05) is 0 Å². The Morgan fingerprint density at radius 1 is 1.90 bits per heavy atom. The zero-order valence-corrected chi connectivity index (χ0v) is 7.70. The van der Waals surface area contributed by atoms with E-state index in [1.54, 1.807) is 0 Å². The Hall–Kier alpha value is -0.390. The van der Waals surface area contributed by atoms with E-state index in [4.69, 9.17) is 0 Å². The summed E-state index contributed by atoms with van der Waals surface area (Å²) in [7, 11) is 0. The number of carbonyl (C=O) groups is 1. The summed E-state index contributed by atoms with van der Waals surface area (Å²) >= 11 is 2.12. The molecule has 4 heteroatoms. The molecule has 0 unspecified atom stereocenters. The van der Waals surface area contributed by atoms with Gasteiger partial charge in [-0.3, -0.25) is 0 Å². The molecule has 1 aromatic rings. The van der Waals surface area contributed by atoms with Crippen molar-refractivity contribution in [3.05, 3.63) is 15.7 Å². The van der Waals surface area contributed by atoms with Crippen LogP contribution < -0.4 is 0 Å². The maximum Gasteiger partial charge on any atom is 0.139 e. The number of nitrogens with zero attached hydrogens (tertiary/aromatic N) is 2. The first-order chi connectivity index (χ1) is 4.74. The van der Waals surface area contributed by atoms with Crippen molar-refractivity contribution >= 4 is 28.9 Å². The normalized spacial score (nSPS) is 9.80. The molecule has 0 aromatic carbocycles. The van der Waals surface area contributed by atoms with Gasteiger partial charge in [-0.05, 0) is 29.5 Å². The van der Waals surface area contributed by atoms with Gasteiger partial charge >= 0.3 is 0 Å². The molecule has 0 spiro atoms. The monoisotopic (exact) mass is 250 g/mol. The van der Waals surface area contributed by atoms with Gasteiger partial charge in [0.05, 0.1) is 6.54 Å². The number of hydrogen-bond acceptors (Lipinski definition) is 2. The third-order valence-electron chi connectivity index (χ3n) is 1.22. The first kappa shape index (κ1) is 7.71. The zero-order chi connectivity index (χ0) is 7.56. The third-order valence-corrected chi connectivity index (χ3v) is 1.74. The zero-order valence-electron chi connectivity index (χ0n) is 5.54. The van der Waals surface area contributed by atoms with E-state index >= 15 is 0 Å². The summed E-state index contributed by atoms with van der Waals surface area (Å²) in [4.78, 5) is 14.2. The smallest absolute Gasteiger partial charge is 0.139 e. The Labute approximate surface area is 72.6 Å². The van der Waals surface area contributed by atoms with Crippen molar-refractivity contribution < 1.29 is 4.79 Å². The highest BCUT2D eigenvalue weighted by Gasteiger charge is 1.98. The molecule has 0 aliphatic carbocycles. The van der Waals surface area contributed by atoms with Crippen molar-refractivity contribution in [3.8, 4) is 0 Å². The molecule has 0 radical (unpaired) electrons. The third kappa shape index (κ3) is 1.56. The summed E-state index contributed by atoms with van der Waals surface area (Å²) in [5.41, 5.74) is 0. The molecule has 0 fully saturated rings. The van der Waals surface area contributed by atoms with E-state index in [1.807, 2.05) is 17.7 Å². The van der Waals surface area contributed by atoms with Crippen LogP contribution in [0.3, 0.4) is 0 Å². The van der Waals surface area contributed by atoms with Gasteiger partial charge in [-0.2, -0.15) is 0 Å². The van der Waals surface area contributed by atoms with Crippen LogP contribution in [0, 0.1) is 10.6 Å². The average Bonchev–Trinajstić information content (AvgIpc) is 2.13. The van der Waals surface area contributed by atoms with Crippen LogP contribution >= 0.6 is 22.6 Å². The van der Waals surface area contributed by atoms with Crippen molar-refractivity contribution in [3.63, 3.8) is 0 Å². The lowest BCUT2D eigenvalue weighted by Crippen LogP contribution is -1.98. The van der Waals surface area contributed by atoms with Gasteiger partial charge in [0.15, 0.2) is 0 Å². The van der Waals surface area contributed by atoms with Crippen molar-refractivity contribution in [1.29, 1.82) is 0 Å². The highest BCUT2D eigenvalue weighted by atomic mass is 127. The summed E-state index contributed by atoms with van der Waals surface area (Å²) < 4.78 is 2.74. The molecule has 0 aliphatic heterocycles. The van der Waals surface area contributed by atoms with Crippen LogP contribution in [0.25, 0.3) is 0 Å². The van der Waals surface area contributed by atoms with Gasteiger partial charge in [0, 0.05) is 6.20 Å². The molecule has 1 rings (SSSR count). The summed E-state index contributed by atoms with van der Waals surface area (Å²) in [6.07, 6.45) is 2.72. The fourth-order valence-electron chi connectivity index (χ4n) is 0.735. The Balaban J connectivity index is 2.91. The summed E-state index contributed by atoms with van der Waals surface area (Å²) in [5.74, 6) is 0.886. The molecule has 10 heavy (non-hydrogen) atoms. The minimum Gasteiger partial charge on any atom is -0.327 e. The van der Waals surface area contributed by atoms with E-state index in [0.717, 1.165) is 15.8 Å². The molecule has 0 amide bonds. The Kier molecular flexibility index (Phi) is 2.42. The Morgan fingerprint density at radius 3 is 3.00 bits per heavy atom. The fraction of sp³-hybridized carbons (Fsp3) is 0.333. The predicted octanol–water partition coefficient (Wildman–Crippen LogP) is 0.995. The van der Waals surface area contributed by atoms with Crippen LogP contribution in [-0.4, -0.2) is 15.8 Å². The van der Waals surface area contributed by atoms with Gasteiger partial charge in [0.25, 0.3) is 0 Å². The molecule has 0 saturated heterocycles. The predicted molar refractivity (Wildman–Crippen MR) is 45.7 cm³/mol. The topological polar surface area (TPSA) is 34.9 Å². The Bertz CT molecular complexity index is 244. The van der Waals surface area contributed by atoms with Crippen LogP contribution in [0.1, 0.15) is 5.82 Å². The van der Waals surface area contributed by atoms with Crippen molar-refractivity contribution in [1.82, 2.24) is 9.55 Å². The standard InChI is InChI=1S/C6H7IN2O/c1-5-8-6(7)4-9(5)2-3-10/h3-4H,2H2,1H3. The molecule has 0 bridgehead atoms. The number of hydrogen-bond donors (Lipinski definition) is 0. The lowest BCUT2D eigenvalue weighted by molar-refractivity contribution is -0.108. The van der Waals surface area contributed by atoms with E-state index in [2.05, 4.69) is 27.6 Å². The lowest BCUT2D eigenvalue weighted by Gasteiger charge is -1.94. The quantitative estimate of drug-likeness (QED) is 0.579. The number of aldehydes is 1. The first-order valence-corrected chi connectivity index (χ1v) is 3.95. The van der Waals surface area contributed by atoms with E-state index < -0.39 is 0 Å². The molecule has 1 aromatic heterocycles. The molecule has 0 N–H and O–H groups in total. The lowest BCUT2D eigenvalue weighted by atomic mass is 10.6. The number of carbonyl (C=O) groups excluding carboxylic acids is 1. The fourth-order valence-corrected chi connectivity index (χ4v) is 1.42. The van der Waals surface area contributed by atoms with Crippen molar-refractivity contribution in [2.24, 2.45) is 0 Å². The number of aromatic nitrogens is 2. The van der Waals surface area contributed by atoms with Gasteiger partial charge in [-0.25, -0.2) is 4.98 Å². The van der Waals surface area contributed by atoms with E-state index in [1.165, 1.54) is 0 Å². The molecular weight excluding hydrogens is 243 g/mol. The van der Waals surface area contributed by atoms with E-state index in [9.17, 15) is 4.79 Å². The Morgan fingerprint density at radius 2 is 2.60 bits per heavy atom. The molecule has 0 saturated carbocycles. The second kappa shape index (κ2) is 3.14. The molecule has 1 heterocycles. The second-order valence-electron chi connectivity index (χ2n) is 1.93. The molecule has 0 atom stereocenters. The van der Waals surface area contributed by atoms with Gasteiger partial charge in [-0.15, -0.1) is 0 Å². The average molecular weight is 250 g/mol. The molecule has 3 nitrogen and oxygen atoms in total. The second-order valence-corrected chi connectivity index (χ2v) is 3.04. The van der Waals surface area contributed by atoms with Crippen LogP contribution in [0.5, 0.6) is 0 Å². The van der Waals surface area contributed by atoms with Gasteiger partial charge in [0.2, 0.25) is 0 Å². The molecular formula is C6H7IN2O. The van der Waals surface area contributed by atoms with Gasteiger partial charge in [0.1, 0.15) is 15.8 Å². The SMILES string of the molecule is Cc1nc(I)cn1CC=O. The minimum absolute atomic E-state index is 0.405. The first-order valence-electron chi connectivity index (χ1n) is 2.87. The maximum atomic E-state index is 10.1. The molecule has 54 valence electrons. The highest BCUT2D eigenvalue weighted by Crippen LogP contribution is 2.03. The van der Waals surface area contributed by atoms with E-state index in [-0.39, 0.29) is 0 Å². The van der Waals surface area contributed by atoms with Crippen LogP contribution in [0.2, 0.25) is 0 Å². The number of rotatable bonds is 2. The summed E-state index contributed by atoms with van der Waals surface area (Å²) in [6, 6.07) is 0. The van der Waals surface area contributed by atoms with Gasteiger partial charge in [-0.1, -0.05) is 0 Å². The largest absolute Gasteiger partial charge is 0.327 e. The summed E-state index contributed by atoms with van der Waals surface area (Å²) in [5, 5.41) is 0. The number of halogens is 1. The summed E-state index contributed by atoms with van der Waals surface area (Å²) in [6.45, 7) is 2.29. The van der Waals surface area contributed by atoms with Crippen molar-refractivity contribution in [2.45, 2.75) is 13.5 Å². The van der Waals surface area contributed by atoms with Crippen LogP contribution in [0.4, 0.5) is 0 Å². The van der Waals surface area contributed by atoms with E-state index in [0.29, 0.717) is 6.54 Å². The van der Waals surface area contributed by atoms with Crippen LogP contribution in [0.15, 0.2) is 6.20 Å². The van der Waals surface area contributed by atoms with Gasteiger partial charge < -0.3 is 9.36 Å². The number of aryl methyl sites for hydroxylation is 1. The minimum atomic E-state index is 0.405. The number of imidazole rings is 1. The molecule has 0 aliphatic rings. The maximum absolute atomic E-state index is 10.1.